The average molecular weight is 831 g/mol. The summed E-state index contributed by atoms with van der Waals surface area (Å²) in [6.45, 7) is -5.55. The molecule has 0 unspecified atom stereocenters. The second-order valence-electron chi connectivity index (χ2n) is 13.8. The van der Waals surface area contributed by atoms with Crippen LogP contribution in [0.15, 0.2) is 0 Å². The molecule has 24 atom stereocenters. The summed E-state index contributed by atoms with van der Waals surface area (Å²) in [4.78, 5) is 0. The van der Waals surface area contributed by atoms with Crippen molar-refractivity contribution in [3.63, 3.8) is 0 Å². The van der Waals surface area contributed by atoms with E-state index in [0.29, 0.717) is 0 Å². The largest absolute Gasteiger partial charge is 0.394 e. The zero-order valence-corrected chi connectivity index (χ0v) is 29.4. The Morgan fingerprint density at radius 2 is 0.875 bits per heavy atom. The molecule has 0 spiro atoms. The number of aliphatic hydroxyl groups excluding tert-OH is 18. The Morgan fingerprint density at radius 3 is 1.36 bits per heavy atom. The van der Waals surface area contributed by atoms with Crippen molar-refractivity contribution < 1.29 is 130 Å². The SMILES string of the molecule is OC[C@@H](O)[C@@H]1O[C@@H](O[C@H](CO)[C@@H]2O[C@@H](O[C@H](CO)[C@@H]3O[C@@H](OC[C@@H](O)[C@@H](O)[C@H](O)[C@@H](CO)O[C@H]4O[C@H](CO)[C@@H](O)[C@H](O)[C@@H]4O)[C@H](O)[C@H]3O)[C@H](O)[C@H]2O)[C@H](O)[C@H]1O. The Kier molecular flexibility index (Phi) is 17.8. The lowest BCUT2D eigenvalue weighted by atomic mass is 9.99. The minimum absolute atomic E-state index is 0.816. The van der Waals surface area contributed by atoms with Gasteiger partial charge in [0.15, 0.2) is 25.2 Å². The minimum Gasteiger partial charge on any atom is -0.394 e. The molecule has 0 radical (unpaired) electrons. The van der Waals surface area contributed by atoms with Crippen LogP contribution < -0.4 is 0 Å². The summed E-state index contributed by atoms with van der Waals surface area (Å²) in [6, 6.07) is 0. The lowest BCUT2D eigenvalue weighted by molar-refractivity contribution is -0.322. The van der Waals surface area contributed by atoms with Gasteiger partial charge in [0.05, 0.1) is 39.6 Å². The maximum absolute atomic E-state index is 10.7. The summed E-state index contributed by atoms with van der Waals surface area (Å²) in [6.07, 6.45) is -43.0. The molecule has 0 aromatic rings. The molecule has 26 heteroatoms. The molecule has 4 heterocycles. The van der Waals surface area contributed by atoms with Gasteiger partial charge < -0.3 is 130 Å². The molecule has 0 aromatic heterocycles. The van der Waals surface area contributed by atoms with E-state index in [1.54, 1.807) is 0 Å². The third-order valence-electron chi connectivity index (χ3n) is 9.94. The van der Waals surface area contributed by atoms with E-state index < -0.39 is 187 Å². The molecule has 4 aliphatic heterocycles. The van der Waals surface area contributed by atoms with Gasteiger partial charge in [0.25, 0.3) is 0 Å². The Morgan fingerprint density at radius 1 is 0.429 bits per heavy atom. The highest BCUT2D eigenvalue weighted by Crippen LogP contribution is 2.33. The first-order valence-electron chi connectivity index (χ1n) is 17.5. The number of ether oxygens (including phenoxy) is 8. The number of hydrogen-bond acceptors (Lipinski definition) is 26. The van der Waals surface area contributed by atoms with Crippen LogP contribution in [0.2, 0.25) is 0 Å². The maximum Gasteiger partial charge on any atom is 0.187 e. The smallest absolute Gasteiger partial charge is 0.187 e. The Hall–Kier alpha value is -1.04. The fourth-order valence-electron chi connectivity index (χ4n) is 6.53. The molecule has 0 amide bonds. The van der Waals surface area contributed by atoms with Crippen molar-refractivity contribution in [3.05, 3.63) is 0 Å². The Balaban J connectivity index is 1.31. The van der Waals surface area contributed by atoms with Crippen molar-refractivity contribution in [1.29, 1.82) is 0 Å². The Bertz CT molecular complexity index is 1160. The van der Waals surface area contributed by atoms with Gasteiger partial charge in [-0.15, -0.1) is 0 Å². The van der Waals surface area contributed by atoms with E-state index in [0.717, 1.165) is 0 Å². The van der Waals surface area contributed by atoms with Crippen molar-refractivity contribution in [1.82, 2.24) is 0 Å². The number of aliphatic hydroxyl groups is 18. The highest BCUT2D eigenvalue weighted by molar-refractivity contribution is 4.97. The molecule has 56 heavy (non-hydrogen) atoms. The standard InChI is InChI=1S/C30H54O26/c31-1-7(36)24-17(42)22(47)29(54-24)52-12(5-35)26-19(44)23(48)30(56-26)53-11(4-34)25-18(43)21(46)27(55-25)49-6-8(37)13(38)14(39)9(2-32)50-28-20(45)16(41)15(40)10(3-33)51-28/h7-48H,1-6H2/t7-,8-,9-,10-,11-,12-,13-,14-,15-,16+,17-,18-,19-,20+,21-,22-,23-,24+,25+,26+,27-,28+,29-,30-/m1/s1. The second-order valence-corrected chi connectivity index (χ2v) is 13.8. The molecule has 18 N–H and O–H groups in total. The molecular weight excluding hydrogens is 776 g/mol. The summed E-state index contributed by atoms with van der Waals surface area (Å²) in [5, 5.41) is 183. The van der Waals surface area contributed by atoms with Crippen LogP contribution >= 0.6 is 0 Å². The van der Waals surface area contributed by atoms with E-state index in [1.807, 2.05) is 0 Å². The fraction of sp³-hybridized carbons (Fsp3) is 1.00. The second kappa shape index (κ2) is 21.0. The molecule has 0 bridgehead atoms. The van der Waals surface area contributed by atoms with E-state index in [-0.39, 0.29) is 0 Å². The quantitative estimate of drug-likeness (QED) is 0.0541. The van der Waals surface area contributed by atoms with Crippen molar-refractivity contribution in [2.45, 2.75) is 147 Å². The van der Waals surface area contributed by atoms with Crippen LogP contribution in [0.5, 0.6) is 0 Å². The van der Waals surface area contributed by atoms with Crippen LogP contribution in [0.4, 0.5) is 0 Å². The molecule has 4 rings (SSSR count). The van der Waals surface area contributed by atoms with Gasteiger partial charge in [-0.25, -0.2) is 0 Å². The first-order chi connectivity index (χ1) is 26.4. The first-order valence-corrected chi connectivity index (χ1v) is 17.5. The number of rotatable bonds is 20. The topological polar surface area (TPSA) is 438 Å². The molecule has 4 aliphatic rings. The fourth-order valence-corrected chi connectivity index (χ4v) is 6.53. The van der Waals surface area contributed by atoms with Crippen LogP contribution in [-0.4, -0.2) is 279 Å². The normalized spacial score (nSPS) is 44.4. The molecule has 4 saturated heterocycles. The lowest BCUT2D eigenvalue weighted by Gasteiger charge is -2.41. The van der Waals surface area contributed by atoms with Crippen LogP contribution in [0.25, 0.3) is 0 Å². The van der Waals surface area contributed by atoms with E-state index in [9.17, 15) is 86.8 Å². The summed E-state index contributed by atoms with van der Waals surface area (Å²) in [7, 11) is 0. The van der Waals surface area contributed by atoms with Gasteiger partial charge in [-0.3, -0.25) is 0 Å². The summed E-state index contributed by atoms with van der Waals surface area (Å²) < 4.78 is 42.8. The summed E-state index contributed by atoms with van der Waals surface area (Å²) in [5.74, 6) is 0. The molecule has 0 saturated carbocycles. The van der Waals surface area contributed by atoms with Gasteiger partial charge in [-0.2, -0.15) is 0 Å². The molecule has 0 aliphatic carbocycles. The zero-order chi connectivity index (χ0) is 41.8. The van der Waals surface area contributed by atoms with Crippen molar-refractivity contribution >= 4 is 0 Å². The number of hydrogen-bond donors (Lipinski definition) is 18. The van der Waals surface area contributed by atoms with Crippen LogP contribution in [-0.2, 0) is 37.9 Å². The van der Waals surface area contributed by atoms with Gasteiger partial charge in [-0.1, -0.05) is 0 Å². The summed E-state index contributed by atoms with van der Waals surface area (Å²) in [5.41, 5.74) is 0. The van der Waals surface area contributed by atoms with Gasteiger partial charge in [0.1, 0.15) is 122 Å². The van der Waals surface area contributed by atoms with Crippen LogP contribution in [0.1, 0.15) is 0 Å². The van der Waals surface area contributed by atoms with Gasteiger partial charge in [-0.05, 0) is 0 Å². The van der Waals surface area contributed by atoms with Gasteiger partial charge in [0, 0.05) is 0 Å². The van der Waals surface area contributed by atoms with Crippen molar-refractivity contribution in [2.75, 3.05) is 39.6 Å². The van der Waals surface area contributed by atoms with E-state index in [4.69, 9.17) is 43.0 Å². The van der Waals surface area contributed by atoms with E-state index in [2.05, 4.69) is 0 Å². The molecule has 26 nitrogen and oxygen atoms in total. The lowest BCUT2D eigenvalue weighted by Crippen LogP contribution is -2.61. The molecule has 4 fully saturated rings. The summed E-state index contributed by atoms with van der Waals surface area (Å²) >= 11 is 0. The predicted octanol–water partition coefficient (Wildman–Crippen LogP) is -12.3. The van der Waals surface area contributed by atoms with Crippen molar-refractivity contribution in [3.8, 4) is 0 Å². The minimum atomic E-state index is -2.18. The third-order valence-corrected chi connectivity index (χ3v) is 9.94. The highest BCUT2D eigenvalue weighted by atomic mass is 16.8. The Labute approximate surface area is 317 Å². The average Bonchev–Trinajstić information content (AvgIpc) is 3.76. The third kappa shape index (κ3) is 10.3. The van der Waals surface area contributed by atoms with E-state index >= 15 is 0 Å². The van der Waals surface area contributed by atoms with Crippen LogP contribution in [0, 0.1) is 0 Å². The van der Waals surface area contributed by atoms with E-state index in [1.165, 1.54) is 0 Å². The van der Waals surface area contributed by atoms with Gasteiger partial charge >= 0.3 is 0 Å². The monoisotopic (exact) mass is 830 g/mol. The molecule has 330 valence electrons. The first kappa shape index (κ1) is 47.6. The van der Waals surface area contributed by atoms with Gasteiger partial charge in [0.2, 0.25) is 0 Å². The molecule has 0 aromatic carbocycles. The highest BCUT2D eigenvalue weighted by Gasteiger charge is 2.54. The molecular formula is C30H54O26. The van der Waals surface area contributed by atoms with Crippen molar-refractivity contribution in [2.24, 2.45) is 0 Å². The zero-order valence-electron chi connectivity index (χ0n) is 29.4. The maximum atomic E-state index is 10.7. The predicted molar refractivity (Wildman–Crippen MR) is 169 cm³/mol. The van der Waals surface area contributed by atoms with Crippen LogP contribution in [0.3, 0.4) is 0 Å².